The maximum atomic E-state index is 5.80. The number of rotatable bonds is 3. The van der Waals surface area contributed by atoms with Crippen molar-refractivity contribution in [2.24, 2.45) is 11.1 Å². The molecule has 1 aromatic carbocycles. The first-order valence-electron chi connectivity index (χ1n) is 6.24. The molecule has 0 bridgehead atoms. The zero-order valence-corrected chi connectivity index (χ0v) is 10.8. The van der Waals surface area contributed by atoms with E-state index in [0.717, 1.165) is 32.0 Å². The van der Waals surface area contributed by atoms with E-state index in [1.165, 1.54) is 5.56 Å². The van der Waals surface area contributed by atoms with Gasteiger partial charge in [-0.25, -0.2) is 0 Å². The zero-order valence-electron chi connectivity index (χ0n) is 10.8. The number of fused-ring (bicyclic) bond motifs is 1. The maximum Gasteiger partial charge on any atom is 0.123 e. The third-order valence-corrected chi connectivity index (χ3v) is 3.24. The minimum atomic E-state index is 0.166. The fourth-order valence-electron chi connectivity index (χ4n) is 2.18. The Bertz CT molecular complexity index is 376. The van der Waals surface area contributed by atoms with Gasteiger partial charge in [-0.2, -0.15) is 0 Å². The number of para-hydroxylation sites is 1. The lowest BCUT2D eigenvalue weighted by molar-refractivity contribution is 0.162. The normalized spacial score (nSPS) is 17.1. The molecule has 0 unspecified atom stereocenters. The Balaban J connectivity index is 2.08. The minimum Gasteiger partial charge on any atom is -0.492 e. The van der Waals surface area contributed by atoms with Gasteiger partial charge >= 0.3 is 0 Å². The summed E-state index contributed by atoms with van der Waals surface area (Å²) in [6.07, 6.45) is 0. The second-order valence-electron chi connectivity index (χ2n) is 5.54. The van der Waals surface area contributed by atoms with Gasteiger partial charge in [0.15, 0.2) is 0 Å². The molecule has 3 nitrogen and oxygen atoms in total. The average Bonchev–Trinajstić information content (AvgIpc) is 2.50. The van der Waals surface area contributed by atoms with Crippen LogP contribution in [0.1, 0.15) is 19.4 Å². The summed E-state index contributed by atoms with van der Waals surface area (Å²) in [6.45, 7) is 8.85. The third kappa shape index (κ3) is 3.20. The van der Waals surface area contributed by atoms with Crippen molar-refractivity contribution in [2.45, 2.75) is 20.4 Å². The second kappa shape index (κ2) is 5.07. The highest BCUT2D eigenvalue weighted by atomic mass is 16.5. The Hall–Kier alpha value is -1.06. The highest BCUT2D eigenvalue weighted by molar-refractivity contribution is 5.33. The Morgan fingerprint density at radius 1 is 1.35 bits per heavy atom. The summed E-state index contributed by atoms with van der Waals surface area (Å²) in [4.78, 5) is 2.43. The molecule has 1 aliphatic rings. The Kier molecular flexibility index (Phi) is 3.69. The van der Waals surface area contributed by atoms with Gasteiger partial charge in [-0.05, 0) is 18.0 Å². The number of nitrogens with two attached hydrogens (primary N) is 1. The predicted molar refractivity (Wildman–Crippen MR) is 70.0 cm³/mol. The molecule has 0 fully saturated rings. The van der Waals surface area contributed by atoms with Crippen LogP contribution in [-0.2, 0) is 6.54 Å². The van der Waals surface area contributed by atoms with Crippen molar-refractivity contribution in [3.8, 4) is 5.75 Å². The van der Waals surface area contributed by atoms with Gasteiger partial charge in [-0.3, -0.25) is 4.90 Å². The molecule has 1 heterocycles. The van der Waals surface area contributed by atoms with Gasteiger partial charge in [0, 0.05) is 25.2 Å². The fraction of sp³-hybridized carbons (Fsp3) is 0.571. The number of hydrogen-bond acceptors (Lipinski definition) is 3. The summed E-state index contributed by atoms with van der Waals surface area (Å²) < 4.78 is 5.75. The molecule has 0 atom stereocenters. The molecule has 0 aliphatic carbocycles. The summed E-state index contributed by atoms with van der Waals surface area (Å²) >= 11 is 0. The molecule has 0 saturated carbocycles. The maximum absolute atomic E-state index is 5.80. The molecular weight excluding hydrogens is 212 g/mol. The fourth-order valence-corrected chi connectivity index (χ4v) is 2.18. The largest absolute Gasteiger partial charge is 0.492 e. The van der Waals surface area contributed by atoms with E-state index in [0.29, 0.717) is 6.54 Å². The van der Waals surface area contributed by atoms with Gasteiger partial charge in [-0.1, -0.05) is 32.0 Å². The van der Waals surface area contributed by atoms with Crippen LogP contribution in [0.5, 0.6) is 5.75 Å². The number of hydrogen-bond donors (Lipinski definition) is 1. The van der Waals surface area contributed by atoms with Gasteiger partial charge in [0.05, 0.1) is 0 Å². The molecule has 0 aromatic heterocycles. The monoisotopic (exact) mass is 234 g/mol. The third-order valence-electron chi connectivity index (χ3n) is 3.24. The van der Waals surface area contributed by atoms with Crippen LogP contribution >= 0.6 is 0 Å². The molecule has 17 heavy (non-hydrogen) atoms. The molecule has 3 heteroatoms. The topological polar surface area (TPSA) is 38.5 Å². The molecule has 94 valence electrons. The summed E-state index contributed by atoms with van der Waals surface area (Å²) in [5.74, 6) is 1.03. The summed E-state index contributed by atoms with van der Waals surface area (Å²) in [5, 5.41) is 0. The number of ether oxygens (including phenoxy) is 1. The summed E-state index contributed by atoms with van der Waals surface area (Å²) in [7, 11) is 0. The van der Waals surface area contributed by atoms with Gasteiger partial charge in [0.25, 0.3) is 0 Å². The standard InChI is InChI=1S/C14H22N2O/c1-14(2,10-15)11-16-7-8-17-13-6-4-3-5-12(13)9-16/h3-6H,7-11,15H2,1-2H3. The molecule has 0 saturated heterocycles. The predicted octanol–water partition coefficient (Wildman–Crippen LogP) is 1.87. The van der Waals surface area contributed by atoms with Crippen LogP contribution in [0, 0.1) is 5.41 Å². The second-order valence-corrected chi connectivity index (χ2v) is 5.54. The summed E-state index contributed by atoms with van der Waals surface area (Å²) in [5.41, 5.74) is 7.24. The smallest absolute Gasteiger partial charge is 0.123 e. The first-order chi connectivity index (χ1) is 8.11. The lowest BCUT2D eigenvalue weighted by Crippen LogP contribution is -2.39. The number of nitrogens with zero attached hydrogens (tertiary/aromatic N) is 1. The Morgan fingerprint density at radius 2 is 2.12 bits per heavy atom. The average molecular weight is 234 g/mol. The molecule has 1 aromatic rings. The van der Waals surface area contributed by atoms with Crippen LogP contribution in [0.3, 0.4) is 0 Å². The van der Waals surface area contributed by atoms with E-state index in [1.54, 1.807) is 0 Å². The van der Waals surface area contributed by atoms with Gasteiger partial charge < -0.3 is 10.5 Å². The van der Waals surface area contributed by atoms with Crippen molar-refractivity contribution in [3.05, 3.63) is 29.8 Å². The quantitative estimate of drug-likeness (QED) is 0.867. The molecule has 0 amide bonds. The van der Waals surface area contributed by atoms with E-state index in [2.05, 4.69) is 30.9 Å². The van der Waals surface area contributed by atoms with Crippen molar-refractivity contribution in [1.82, 2.24) is 4.90 Å². The van der Waals surface area contributed by atoms with E-state index < -0.39 is 0 Å². The van der Waals surface area contributed by atoms with Crippen molar-refractivity contribution < 1.29 is 4.74 Å². The van der Waals surface area contributed by atoms with Crippen LogP contribution in [0.25, 0.3) is 0 Å². The first-order valence-corrected chi connectivity index (χ1v) is 6.24. The van der Waals surface area contributed by atoms with Gasteiger partial charge in [0.1, 0.15) is 12.4 Å². The zero-order chi connectivity index (χ0) is 12.3. The van der Waals surface area contributed by atoms with Crippen LogP contribution in [0.15, 0.2) is 24.3 Å². The highest BCUT2D eigenvalue weighted by Crippen LogP contribution is 2.24. The van der Waals surface area contributed by atoms with Crippen LogP contribution in [0.4, 0.5) is 0 Å². The van der Waals surface area contributed by atoms with Crippen molar-refractivity contribution in [1.29, 1.82) is 0 Å². The Morgan fingerprint density at radius 3 is 2.88 bits per heavy atom. The van der Waals surface area contributed by atoms with Crippen molar-refractivity contribution in [3.63, 3.8) is 0 Å². The van der Waals surface area contributed by atoms with Gasteiger partial charge in [-0.15, -0.1) is 0 Å². The van der Waals surface area contributed by atoms with Crippen molar-refractivity contribution >= 4 is 0 Å². The van der Waals surface area contributed by atoms with Crippen molar-refractivity contribution in [2.75, 3.05) is 26.2 Å². The lowest BCUT2D eigenvalue weighted by atomic mass is 9.93. The molecule has 2 N–H and O–H groups in total. The molecule has 0 radical (unpaired) electrons. The lowest BCUT2D eigenvalue weighted by Gasteiger charge is -2.30. The van der Waals surface area contributed by atoms with Crippen LogP contribution in [0.2, 0.25) is 0 Å². The Labute approximate surface area is 104 Å². The first kappa shape index (κ1) is 12.4. The van der Waals surface area contributed by atoms with E-state index in [4.69, 9.17) is 10.5 Å². The molecule has 2 rings (SSSR count). The number of benzene rings is 1. The van der Waals surface area contributed by atoms with Gasteiger partial charge in [0.2, 0.25) is 0 Å². The molecule has 0 spiro atoms. The summed E-state index contributed by atoms with van der Waals surface area (Å²) in [6, 6.07) is 8.29. The van der Waals surface area contributed by atoms with E-state index in [9.17, 15) is 0 Å². The van der Waals surface area contributed by atoms with E-state index >= 15 is 0 Å². The van der Waals surface area contributed by atoms with Crippen LogP contribution < -0.4 is 10.5 Å². The van der Waals surface area contributed by atoms with E-state index in [1.807, 2.05) is 12.1 Å². The highest BCUT2D eigenvalue weighted by Gasteiger charge is 2.22. The molecular formula is C14H22N2O. The SMILES string of the molecule is CC(C)(CN)CN1CCOc2ccccc2C1. The minimum absolute atomic E-state index is 0.166. The molecule has 1 aliphatic heterocycles. The van der Waals surface area contributed by atoms with E-state index in [-0.39, 0.29) is 5.41 Å². The van der Waals surface area contributed by atoms with Crippen LogP contribution in [-0.4, -0.2) is 31.1 Å².